The van der Waals surface area contributed by atoms with E-state index in [9.17, 15) is 4.79 Å². The van der Waals surface area contributed by atoms with Crippen molar-refractivity contribution in [3.8, 4) is 5.75 Å². The normalized spacial score (nSPS) is 10.4. The molecule has 0 atom stereocenters. The van der Waals surface area contributed by atoms with E-state index in [1.165, 1.54) is 5.56 Å². The van der Waals surface area contributed by atoms with Crippen LogP contribution in [0.5, 0.6) is 5.75 Å². The molecule has 0 bridgehead atoms. The molecule has 1 rings (SSSR count). The minimum Gasteiger partial charge on any atom is -0.497 e. The molecule has 2 N–H and O–H groups in total. The summed E-state index contributed by atoms with van der Waals surface area (Å²) >= 11 is 0. The van der Waals surface area contributed by atoms with Crippen LogP contribution in [0.15, 0.2) is 24.3 Å². The van der Waals surface area contributed by atoms with Crippen molar-refractivity contribution in [1.82, 2.24) is 10.6 Å². The van der Waals surface area contributed by atoms with Gasteiger partial charge in [-0.15, -0.1) is 0 Å². The van der Waals surface area contributed by atoms with Crippen LogP contribution in [0.3, 0.4) is 0 Å². The molecule has 112 valence electrons. The van der Waals surface area contributed by atoms with E-state index in [-0.39, 0.29) is 6.03 Å². The third kappa shape index (κ3) is 7.02. The Bertz CT molecular complexity index is 388. The van der Waals surface area contributed by atoms with Crippen molar-refractivity contribution in [2.75, 3.05) is 20.2 Å². The number of hydrogen-bond donors (Lipinski definition) is 2. The Morgan fingerprint density at radius 3 is 2.40 bits per heavy atom. The molecule has 2 amide bonds. The Hall–Kier alpha value is -1.71. The van der Waals surface area contributed by atoms with Gasteiger partial charge in [-0.3, -0.25) is 0 Å². The molecular formula is C16H26N2O2. The van der Waals surface area contributed by atoms with Crippen molar-refractivity contribution in [3.63, 3.8) is 0 Å². The van der Waals surface area contributed by atoms with E-state index in [0.717, 1.165) is 31.6 Å². The number of aryl methyl sites for hydroxylation is 1. The van der Waals surface area contributed by atoms with E-state index >= 15 is 0 Å². The Balaban J connectivity index is 2.10. The maximum Gasteiger partial charge on any atom is 0.314 e. The van der Waals surface area contributed by atoms with Gasteiger partial charge in [0.15, 0.2) is 0 Å². The van der Waals surface area contributed by atoms with Gasteiger partial charge >= 0.3 is 6.03 Å². The second kappa shape index (κ2) is 9.23. The summed E-state index contributed by atoms with van der Waals surface area (Å²) in [6.45, 7) is 5.73. The first-order valence-electron chi connectivity index (χ1n) is 7.26. The van der Waals surface area contributed by atoms with Crippen LogP contribution in [0.1, 0.15) is 32.3 Å². The predicted molar refractivity (Wildman–Crippen MR) is 82.2 cm³/mol. The molecular weight excluding hydrogens is 252 g/mol. The van der Waals surface area contributed by atoms with Crippen LogP contribution in [0.25, 0.3) is 0 Å². The van der Waals surface area contributed by atoms with Crippen LogP contribution < -0.4 is 15.4 Å². The fourth-order valence-electron chi connectivity index (χ4n) is 1.82. The van der Waals surface area contributed by atoms with Crippen LogP contribution in [0.2, 0.25) is 0 Å². The number of carbonyl (C=O) groups is 1. The molecule has 0 aliphatic rings. The van der Waals surface area contributed by atoms with Gasteiger partial charge in [-0.1, -0.05) is 26.0 Å². The summed E-state index contributed by atoms with van der Waals surface area (Å²) in [4.78, 5) is 11.5. The van der Waals surface area contributed by atoms with Crippen LogP contribution in [-0.4, -0.2) is 26.2 Å². The van der Waals surface area contributed by atoms with E-state index in [4.69, 9.17) is 4.74 Å². The highest BCUT2D eigenvalue weighted by Gasteiger charge is 2.00. The van der Waals surface area contributed by atoms with Gasteiger partial charge in [-0.05, 0) is 42.9 Å². The van der Waals surface area contributed by atoms with Gasteiger partial charge in [0.05, 0.1) is 7.11 Å². The average Bonchev–Trinajstić information content (AvgIpc) is 2.44. The van der Waals surface area contributed by atoms with Crippen LogP contribution in [-0.2, 0) is 6.42 Å². The highest BCUT2D eigenvalue weighted by molar-refractivity contribution is 5.73. The zero-order chi connectivity index (χ0) is 14.8. The summed E-state index contributed by atoms with van der Waals surface area (Å²) in [5, 5.41) is 5.74. The first kappa shape index (κ1) is 16.3. The quantitative estimate of drug-likeness (QED) is 0.718. The third-order valence-electron chi connectivity index (χ3n) is 3.09. The molecule has 20 heavy (non-hydrogen) atoms. The van der Waals surface area contributed by atoms with E-state index in [1.807, 2.05) is 12.1 Å². The zero-order valence-corrected chi connectivity index (χ0v) is 12.7. The molecule has 0 saturated carbocycles. The maximum atomic E-state index is 11.5. The molecule has 1 aromatic rings. The van der Waals surface area contributed by atoms with E-state index in [1.54, 1.807) is 7.11 Å². The van der Waals surface area contributed by atoms with Crippen molar-refractivity contribution in [3.05, 3.63) is 29.8 Å². The number of rotatable bonds is 8. The summed E-state index contributed by atoms with van der Waals surface area (Å²) in [6, 6.07) is 7.96. The first-order valence-corrected chi connectivity index (χ1v) is 7.26. The molecule has 0 saturated heterocycles. The second-order valence-corrected chi connectivity index (χ2v) is 5.32. The molecule has 0 aromatic heterocycles. The van der Waals surface area contributed by atoms with Gasteiger partial charge in [-0.2, -0.15) is 0 Å². The fourth-order valence-corrected chi connectivity index (χ4v) is 1.82. The third-order valence-corrected chi connectivity index (χ3v) is 3.09. The lowest BCUT2D eigenvalue weighted by atomic mass is 10.1. The molecule has 1 aromatic carbocycles. The average molecular weight is 278 g/mol. The SMILES string of the molecule is COc1ccc(CCCNC(=O)NCCC(C)C)cc1. The number of urea groups is 1. The van der Waals surface area contributed by atoms with Crippen molar-refractivity contribution >= 4 is 6.03 Å². The van der Waals surface area contributed by atoms with Crippen molar-refractivity contribution < 1.29 is 9.53 Å². The number of hydrogen-bond acceptors (Lipinski definition) is 2. The smallest absolute Gasteiger partial charge is 0.314 e. The Morgan fingerprint density at radius 1 is 1.15 bits per heavy atom. The summed E-state index contributed by atoms with van der Waals surface area (Å²) in [5.74, 6) is 1.49. The summed E-state index contributed by atoms with van der Waals surface area (Å²) in [5.41, 5.74) is 1.26. The number of benzene rings is 1. The van der Waals surface area contributed by atoms with Gasteiger partial charge in [0, 0.05) is 13.1 Å². The van der Waals surface area contributed by atoms with Gasteiger partial charge in [0.1, 0.15) is 5.75 Å². The van der Waals surface area contributed by atoms with Gasteiger partial charge in [0.25, 0.3) is 0 Å². The van der Waals surface area contributed by atoms with Crippen LogP contribution >= 0.6 is 0 Å². The monoisotopic (exact) mass is 278 g/mol. The number of methoxy groups -OCH3 is 1. The molecule has 0 unspecified atom stereocenters. The van der Waals surface area contributed by atoms with Gasteiger partial charge < -0.3 is 15.4 Å². The molecule has 0 spiro atoms. The fraction of sp³-hybridized carbons (Fsp3) is 0.562. The minimum atomic E-state index is -0.0691. The van der Waals surface area contributed by atoms with E-state index in [0.29, 0.717) is 12.5 Å². The number of amides is 2. The lowest BCUT2D eigenvalue weighted by molar-refractivity contribution is 0.240. The van der Waals surface area contributed by atoms with Crippen LogP contribution in [0, 0.1) is 5.92 Å². The first-order chi connectivity index (χ1) is 9.61. The van der Waals surface area contributed by atoms with Gasteiger partial charge in [-0.25, -0.2) is 4.79 Å². The highest BCUT2D eigenvalue weighted by atomic mass is 16.5. The Labute approximate surface area is 121 Å². The van der Waals surface area contributed by atoms with Crippen molar-refractivity contribution in [2.24, 2.45) is 5.92 Å². The number of nitrogens with one attached hydrogen (secondary N) is 2. The molecule has 4 heteroatoms. The largest absolute Gasteiger partial charge is 0.497 e. The van der Waals surface area contributed by atoms with E-state index in [2.05, 4.69) is 36.6 Å². The van der Waals surface area contributed by atoms with Gasteiger partial charge in [0.2, 0.25) is 0 Å². The molecule has 4 nitrogen and oxygen atoms in total. The summed E-state index contributed by atoms with van der Waals surface area (Å²) < 4.78 is 5.12. The highest BCUT2D eigenvalue weighted by Crippen LogP contribution is 2.12. The van der Waals surface area contributed by atoms with Crippen molar-refractivity contribution in [1.29, 1.82) is 0 Å². The molecule has 0 fully saturated rings. The minimum absolute atomic E-state index is 0.0691. The lowest BCUT2D eigenvalue weighted by Gasteiger charge is -2.09. The van der Waals surface area contributed by atoms with Crippen molar-refractivity contribution in [2.45, 2.75) is 33.1 Å². The molecule has 0 aliphatic carbocycles. The molecule has 0 aliphatic heterocycles. The number of ether oxygens (including phenoxy) is 1. The van der Waals surface area contributed by atoms with E-state index < -0.39 is 0 Å². The molecule has 0 radical (unpaired) electrons. The topological polar surface area (TPSA) is 50.4 Å². The van der Waals surface area contributed by atoms with Crippen LogP contribution in [0.4, 0.5) is 4.79 Å². The lowest BCUT2D eigenvalue weighted by Crippen LogP contribution is -2.36. The summed E-state index contributed by atoms with van der Waals surface area (Å²) in [7, 11) is 1.66. The molecule has 0 heterocycles. The summed E-state index contributed by atoms with van der Waals surface area (Å²) in [6.07, 6.45) is 2.90. The zero-order valence-electron chi connectivity index (χ0n) is 12.7. The Kier molecular flexibility index (Phi) is 7.55. The predicted octanol–water partition coefficient (Wildman–Crippen LogP) is 2.97. The number of carbonyl (C=O) groups excluding carboxylic acids is 1. The standard InChI is InChI=1S/C16H26N2O2/c1-13(2)10-12-18-16(19)17-11-4-5-14-6-8-15(20-3)9-7-14/h6-9,13H,4-5,10-12H2,1-3H3,(H2,17,18,19). The second-order valence-electron chi connectivity index (χ2n) is 5.32. The Morgan fingerprint density at radius 2 is 1.80 bits per heavy atom. The maximum absolute atomic E-state index is 11.5.